The molecule has 0 bridgehead atoms. The van der Waals surface area contributed by atoms with Gasteiger partial charge in [0.2, 0.25) is 5.91 Å². The van der Waals surface area contributed by atoms with Crippen LogP contribution in [-0.4, -0.2) is 73.4 Å². The fraction of sp³-hybridized carbons (Fsp3) is 0.394. The lowest BCUT2D eigenvalue weighted by Gasteiger charge is -2.28. The maximum atomic E-state index is 13.7. The van der Waals surface area contributed by atoms with E-state index in [2.05, 4.69) is 15.2 Å². The molecule has 3 aliphatic rings. The summed E-state index contributed by atoms with van der Waals surface area (Å²) < 4.78 is 40.5. The van der Waals surface area contributed by atoms with Gasteiger partial charge in [-0.15, -0.1) is 0 Å². The van der Waals surface area contributed by atoms with Gasteiger partial charge in [-0.2, -0.15) is 0 Å². The number of benzene rings is 2. The van der Waals surface area contributed by atoms with Gasteiger partial charge in [0.25, 0.3) is 5.91 Å². The molecule has 0 aliphatic carbocycles. The number of likely N-dealkylation sites (tertiary alicyclic amines) is 2. The largest absolute Gasteiger partial charge is 0.359 e. The number of carbonyl (C=O) groups is 2. The Morgan fingerprint density at radius 3 is 2.56 bits per heavy atom. The van der Waals surface area contributed by atoms with Gasteiger partial charge >= 0.3 is 0 Å². The molecule has 2 aromatic carbocycles. The quantitative estimate of drug-likeness (QED) is 0.287. The number of nitrogens with one attached hydrogen (secondary N) is 2. The third kappa shape index (κ3) is 6.43. The predicted octanol–water partition coefficient (Wildman–Crippen LogP) is 5.98. The molecule has 3 aliphatic heterocycles. The summed E-state index contributed by atoms with van der Waals surface area (Å²) in [5, 5.41) is 3.34. The van der Waals surface area contributed by atoms with Gasteiger partial charge in [-0.1, -0.05) is 29.3 Å². The molecule has 2 amide bonds. The van der Waals surface area contributed by atoms with Gasteiger partial charge < -0.3 is 15.2 Å². The third-order valence-corrected chi connectivity index (χ3v) is 11.5. The molecule has 0 unspecified atom stereocenters. The lowest BCUT2D eigenvalue weighted by molar-refractivity contribution is -0.131. The van der Waals surface area contributed by atoms with Crippen LogP contribution in [0.4, 0.5) is 10.1 Å². The summed E-state index contributed by atoms with van der Waals surface area (Å²) in [6.45, 7) is 6.37. The minimum Gasteiger partial charge on any atom is -0.359 e. The highest BCUT2D eigenvalue weighted by molar-refractivity contribution is 7.90. The van der Waals surface area contributed by atoms with Crippen molar-refractivity contribution in [2.75, 3.05) is 31.5 Å². The SMILES string of the molecule is Cc1[nH]c(C=C2C(=O)Nc3ccc(S(=O)(=O)Cc4c(Cl)cccc4Cl)cc32)c(C)c1CC(=O)N1CCC[C@H]1CN1CC[C@@H](F)C1. The number of hydrogen-bond donors (Lipinski definition) is 2. The molecule has 2 saturated heterocycles. The number of amides is 2. The van der Waals surface area contributed by atoms with Crippen molar-refractivity contribution in [3.05, 3.63) is 80.1 Å². The normalized spacial score (nSPS) is 21.1. The van der Waals surface area contributed by atoms with E-state index in [1.54, 1.807) is 30.3 Å². The average molecular weight is 674 g/mol. The summed E-state index contributed by atoms with van der Waals surface area (Å²) in [6.07, 6.45) is 3.54. The van der Waals surface area contributed by atoms with E-state index in [1.165, 1.54) is 12.1 Å². The number of alkyl halides is 1. The number of aromatic amines is 1. The molecule has 6 rings (SSSR count). The Hall–Kier alpha value is -3.18. The molecule has 238 valence electrons. The van der Waals surface area contributed by atoms with Crippen LogP contribution in [0.25, 0.3) is 11.6 Å². The van der Waals surface area contributed by atoms with E-state index < -0.39 is 16.0 Å². The van der Waals surface area contributed by atoms with Crippen molar-refractivity contribution in [3.63, 3.8) is 0 Å². The molecule has 8 nitrogen and oxygen atoms in total. The Morgan fingerprint density at radius 1 is 1.09 bits per heavy atom. The number of sulfone groups is 1. The van der Waals surface area contributed by atoms with Crippen LogP contribution in [-0.2, 0) is 31.6 Å². The third-order valence-electron chi connectivity index (χ3n) is 9.16. The summed E-state index contributed by atoms with van der Waals surface area (Å²) in [7, 11) is -3.85. The van der Waals surface area contributed by atoms with Crippen molar-refractivity contribution < 1.29 is 22.4 Å². The number of anilines is 1. The number of rotatable bonds is 8. The molecule has 2 fully saturated rings. The van der Waals surface area contributed by atoms with E-state index in [4.69, 9.17) is 23.2 Å². The van der Waals surface area contributed by atoms with E-state index >= 15 is 0 Å². The van der Waals surface area contributed by atoms with Gasteiger partial charge in [0.1, 0.15) is 6.17 Å². The van der Waals surface area contributed by atoms with Crippen LogP contribution >= 0.6 is 23.2 Å². The standard InChI is InChI=1S/C33H35Cl2FN4O4S/c1-19-24(15-32(41)40-11-4-5-22(40)17-39-12-10-21(36)16-39)20(2)37-31(19)14-26-25-13-23(8-9-30(25)38-33(26)42)45(43,44)18-27-28(34)6-3-7-29(27)35/h3,6-9,13-14,21-22,37H,4-5,10-12,15-18H2,1-2H3,(H,38,42)/t21-,22+/m1/s1. The number of carbonyl (C=O) groups excluding carboxylic acids is 2. The average Bonchev–Trinajstić information content (AvgIpc) is 3.75. The second kappa shape index (κ2) is 12.5. The van der Waals surface area contributed by atoms with Crippen molar-refractivity contribution in [2.45, 2.75) is 62.4 Å². The number of fused-ring (bicyclic) bond motifs is 1. The lowest BCUT2D eigenvalue weighted by atomic mass is 10.0. The van der Waals surface area contributed by atoms with Gasteiger partial charge in [0.05, 0.1) is 22.6 Å². The highest BCUT2D eigenvalue weighted by Crippen LogP contribution is 2.37. The number of halogens is 3. The van der Waals surface area contributed by atoms with Gasteiger partial charge in [-0.3, -0.25) is 14.5 Å². The van der Waals surface area contributed by atoms with E-state index in [-0.39, 0.29) is 45.0 Å². The fourth-order valence-electron chi connectivity index (χ4n) is 6.67. The Bertz CT molecular complexity index is 1800. The minimum absolute atomic E-state index is 0.0373. The molecule has 2 atom stereocenters. The molecule has 0 radical (unpaired) electrons. The van der Waals surface area contributed by atoms with Gasteiger partial charge in [0.15, 0.2) is 9.84 Å². The molecule has 0 saturated carbocycles. The zero-order valence-corrected chi connectivity index (χ0v) is 27.5. The van der Waals surface area contributed by atoms with E-state index in [0.717, 1.165) is 36.2 Å². The number of H-pyrrole nitrogens is 1. The van der Waals surface area contributed by atoms with Crippen LogP contribution in [0.2, 0.25) is 10.0 Å². The highest BCUT2D eigenvalue weighted by Gasteiger charge is 2.33. The minimum atomic E-state index is -3.85. The number of hydrogen-bond acceptors (Lipinski definition) is 5. The Labute approximate surface area is 272 Å². The molecule has 12 heteroatoms. The Morgan fingerprint density at radius 2 is 1.84 bits per heavy atom. The molecule has 3 aromatic rings. The summed E-state index contributed by atoms with van der Waals surface area (Å²) in [6, 6.07) is 9.45. The monoisotopic (exact) mass is 672 g/mol. The lowest BCUT2D eigenvalue weighted by Crippen LogP contribution is -2.43. The first-order chi connectivity index (χ1) is 21.4. The molecule has 2 N–H and O–H groups in total. The van der Waals surface area contributed by atoms with Crippen molar-refractivity contribution in [1.82, 2.24) is 14.8 Å². The Kier molecular flexibility index (Phi) is 8.86. The maximum Gasteiger partial charge on any atom is 0.256 e. The van der Waals surface area contributed by atoms with E-state index in [9.17, 15) is 22.4 Å². The molecule has 45 heavy (non-hydrogen) atoms. The molecular weight excluding hydrogens is 638 g/mol. The van der Waals surface area contributed by atoms with Crippen LogP contribution in [0.3, 0.4) is 0 Å². The maximum absolute atomic E-state index is 13.7. The van der Waals surface area contributed by atoms with Crippen molar-refractivity contribution in [2.24, 2.45) is 0 Å². The molecule has 1 aromatic heterocycles. The zero-order chi connectivity index (χ0) is 32.0. The summed E-state index contributed by atoms with van der Waals surface area (Å²) in [5.74, 6) is -0.700. The van der Waals surface area contributed by atoms with Gasteiger partial charge in [-0.25, -0.2) is 12.8 Å². The fourth-order valence-corrected chi connectivity index (χ4v) is 8.79. The van der Waals surface area contributed by atoms with Crippen LogP contribution < -0.4 is 5.32 Å². The van der Waals surface area contributed by atoms with E-state index in [1.807, 2.05) is 18.7 Å². The first-order valence-corrected chi connectivity index (χ1v) is 17.5. The topological polar surface area (TPSA) is 103 Å². The first kappa shape index (κ1) is 31.8. The van der Waals surface area contributed by atoms with E-state index in [0.29, 0.717) is 54.1 Å². The van der Waals surface area contributed by atoms with Crippen LogP contribution in [0, 0.1) is 13.8 Å². The van der Waals surface area contributed by atoms with Gasteiger partial charge in [-0.05, 0) is 80.6 Å². The highest BCUT2D eigenvalue weighted by atomic mass is 35.5. The second-order valence-electron chi connectivity index (χ2n) is 12.2. The summed E-state index contributed by atoms with van der Waals surface area (Å²) in [4.78, 5) is 34.0. The number of aromatic nitrogens is 1. The Balaban J connectivity index is 1.23. The first-order valence-electron chi connectivity index (χ1n) is 15.1. The van der Waals surface area contributed by atoms with Crippen LogP contribution in [0.1, 0.15) is 52.9 Å². The predicted molar refractivity (Wildman–Crippen MR) is 175 cm³/mol. The molecule has 4 heterocycles. The van der Waals surface area contributed by atoms with Gasteiger partial charge in [0, 0.05) is 70.5 Å². The molecule has 0 spiro atoms. The van der Waals surface area contributed by atoms with Crippen LogP contribution in [0.5, 0.6) is 0 Å². The zero-order valence-electron chi connectivity index (χ0n) is 25.1. The summed E-state index contributed by atoms with van der Waals surface area (Å²) in [5.41, 5.74) is 4.83. The number of nitrogens with zero attached hydrogens (tertiary/aromatic N) is 2. The second-order valence-corrected chi connectivity index (χ2v) is 15.0. The van der Waals surface area contributed by atoms with Crippen LogP contribution in [0.15, 0.2) is 41.3 Å². The van der Waals surface area contributed by atoms with Crippen molar-refractivity contribution in [1.29, 1.82) is 0 Å². The van der Waals surface area contributed by atoms with Crippen molar-refractivity contribution >= 4 is 62.2 Å². The summed E-state index contributed by atoms with van der Waals surface area (Å²) >= 11 is 12.5. The smallest absolute Gasteiger partial charge is 0.256 e. The molecular formula is C33H35Cl2FN4O4S. The van der Waals surface area contributed by atoms with Crippen molar-refractivity contribution in [3.8, 4) is 0 Å². The number of aryl methyl sites for hydroxylation is 1.